The molecule has 0 atom stereocenters. The molecule has 0 saturated heterocycles. The van der Waals surface area contributed by atoms with Gasteiger partial charge >= 0.3 is 0 Å². The monoisotopic (exact) mass is 296 g/mol. The van der Waals surface area contributed by atoms with Crippen molar-refractivity contribution in [3.63, 3.8) is 0 Å². The number of fused-ring (bicyclic) bond motifs is 1. The fourth-order valence-electron chi connectivity index (χ4n) is 1.95. The summed E-state index contributed by atoms with van der Waals surface area (Å²) < 4.78 is 0. The summed E-state index contributed by atoms with van der Waals surface area (Å²) in [7, 11) is 0. The highest BCUT2D eigenvalue weighted by molar-refractivity contribution is 8.15. The van der Waals surface area contributed by atoms with E-state index in [1.165, 1.54) is 10.5 Å². The summed E-state index contributed by atoms with van der Waals surface area (Å²) in [6.07, 6.45) is 0. The first-order valence-electron chi connectivity index (χ1n) is 6.26. The van der Waals surface area contributed by atoms with Crippen LogP contribution in [0.25, 0.3) is 0 Å². The van der Waals surface area contributed by atoms with Gasteiger partial charge < -0.3 is 0 Å². The van der Waals surface area contributed by atoms with Crippen LogP contribution in [-0.4, -0.2) is 10.8 Å². The molecule has 0 amide bonds. The van der Waals surface area contributed by atoms with E-state index in [9.17, 15) is 0 Å². The number of para-hydroxylation sites is 1. The largest absolute Gasteiger partial charge is 0.245 e. The third kappa shape index (κ3) is 3.06. The van der Waals surface area contributed by atoms with Crippen molar-refractivity contribution in [3.8, 4) is 6.07 Å². The van der Waals surface area contributed by atoms with Gasteiger partial charge in [0.05, 0.1) is 22.4 Å². The predicted molar refractivity (Wildman–Crippen MR) is 86.7 cm³/mol. The van der Waals surface area contributed by atoms with E-state index in [2.05, 4.69) is 24.3 Å². The van der Waals surface area contributed by atoms with Crippen LogP contribution in [-0.2, 0) is 5.75 Å². The molecule has 0 spiro atoms. The molecule has 0 fully saturated rings. The lowest BCUT2D eigenvalue weighted by Crippen LogP contribution is -2.01. The van der Waals surface area contributed by atoms with Crippen molar-refractivity contribution in [2.24, 2.45) is 4.99 Å². The fourth-order valence-corrected chi connectivity index (χ4v) is 3.91. The highest BCUT2D eigenvalue weighted by Gasteiger charge is 2.12. The third-order valence-corrected chi connectivity index (χ3v) is 5.23. The molecule has 20 heavy (non-hydrogen) atoms. The van der Waals surface area contributed by atoms with Crippen molar-refractivity contribution in [3.05, 3.63) is 59.7 Å². The summed E-state index contributed by atoms with van der Waals surface area (Å²) in [6, 6.07) is 18.2. The van der Waals surface area contributed by atoms with E-state index in [4.69, 9.17) is 10.3 Å². The van der Waals surface area contributed by atoms with Gasteiger partial charge in [-0.2, -0.15) is 5.26 Å². The number of nitrogens with zero attached hydrogens (tertiary/aromatic N) is 2. The number of thioether (sulfide) groups is 2. The molecule has 0 aromatic heterocycles. The van der Waals surface area contributed by atoms with Gasteiger partial charge in [-0.15, -0.1) is 23.5 Å². The standard InChI is InChI=1S/C16H12N2S2/c17-9-12-4-3-5-13(8-12)10-20-16-11-19-15-7-2-1-6-14(15)18-16/h1-8H,10-11H2. The lowest BCUT2D eigenvalue weighted by atomic mass is 10.2. The Bertz CT molecular complexity index is 702. The smallest absolute Gasteiger partial charge is 0.0991 e. The molecule has 1 heterocycles. The summed E-state index contributed by atoms with van der Waals surface area (Å²) >= 11 is 3.59. The minimum atomic E-state index is 0.716. The van der Waals surface area contributed by atoms with Gasteiger partial charge in [-0.25, -0.2) is 4.99 Å². The normalized spacial score (nSPS) is 13.2. The van der Waals surface area contributed by atoms with Crippen molar-refractivity contribution in [1.82, 2.24) is 0 Å². The summed E-state index contributed by atoms with van der Waals surface area (Å²) in [5, 5.41) is 10.1. The number of nitriles is 1. The molecule has 1 aliphatic rings. The molecule has 0 bridgehead atoms. The predicted octanol–water partition coefficient (Wildman–Crippen LogP) is 4.63. The highest BCUT2D eigenvalue weighted by Crippen LogP contribution is 2.36. The minimum Gasteiger partial charge on any atom is -0.245 e. The van der Waals surface area contributed by atoms with Crippen LogP contribution in [0.15, 0.2) is 58.4 Å². The molecule has 0 radical (unpaired) electrons. The molecule has 98 valence electrons. The van der Waals surface area contributed by atoms with Crippen LogP contribution in [0.2, 0.25) is 0 Å². The zero-order valence-corrected chi connectivity index (χ0v) is 12.4. The maximum Gasteiger partial charge on any atom is 0.0991 e. The Balaban J connectivity index is 1.71. The molecule has 2 aromatic carbocycles. The molecule has 3 rings (SSSR count). The average molecular weight is 296 g/mol. The van der Waals surface area contributed by atoms with Crippen LogP contribution in [0.4, 0.5) is 5.69 Å². The number of benzene rings is 2. The fraction of sp³-hybridized carbons (Fsp3) is 0.125. The van der Waals surface area contributed by atoms with E-state index >= 15 is 0 Å². The molecule has 2 aromatic rings. The Hall–Kier alpha value is -1.70. The molecule has 0 N–H and O–H groups in total. The van der Waals surface area contributed by atoms with E-state index in [-0.39, 0.29) is 0 Å². The summed E-state index contributed by atoms with van der Waals surface area (Å²) in [6.45, 7) is 0. The summed E-state index contributed by atoms with van der Waals surface area (Å²) in [4.78, 5) is 5.95. The van der Waals surface area contributed by atoms with Crippen LogP contribution in [0.1, 0.15) is 11.1 Å². The lowest BCUT2D eigenvalue weighted by molar-refractivity contribution is 1.35. The van der Waals surface area contributed by atoms with Crippen LogP contribution < -0.4 is 0 Å². The molecule has 0 saturated carbocycles. The van der Waals surface area contributed by atoms with Crippen molar-refractivity contribution in [2.45, 2.75) is 10.6 Å². The number of aliphatic imine (C=N–C) groups is 1. The second kappa shape index (κ2) is 6.17. The van der Waals surface area contributed by atoms with Crippen LogP contribution in [0.5, 0.6) is 0 Å². The molecule has 2 nitrogen and oxygen atoms in total. The van der Waals surface area contributed by atoms with Crippen molar-refractivity contribution in [1.29, 1.82) is 5.26 Å². The Morgan fingerprint density at radius 2 is 2.10 bits per heavy atom. The number of hydrogen-bond acceptors (Lipinski definition) is 4. The van der Waals surface area contributed by atoms with Gasteiger partial charge in [-0.3, -0.25) is 0 Å². The summed E-state index contributed by atoms with van der Waals surface area (Å²) in [5.74, 6) is 1.79. The topological polar surface area (TPSA) is 36.1 Å². The van der Waals surface area contributed by atoms with Crippen LogP contribution in [0.3, 0.4) is 0 Å². The maximum absolute atomic E-state index is 8.90. The number of hydrogen-bond donors (Lipinski definition) is 0. The first kappa shape index (κ1) is 13.3. The maximum atomic E-state index is 8.90. The first-order valence-corrected chi connectivity index (χ1v) is 8.23. The Labute approximate surface area is 126 Å². The molecule has 4 heteroatoms. The van der Waals surface area contributed by atoms with Crippen molar-refractivity contribution >= 4 is 34.3 Å². The van der Waals surface area contributed by atoms with Gasteiger partial charge in [-0.1, -0.05) is 24.3 Å². The minimum absolute atomic E-state index is 0.716. The first-order chi connectivity index (χ1) is 9.85. The second-order valence-corrected chi connectivity index (χ2v) is 6.43. The van der Waals surface area contributed by atoms with Crippen molar-refractivity contribution in [2.75, 3.05) is 5.75 Å². The van der Waals surface area contributed by atoms with Gasteiger partial charge in [0.1, 0.15) is 0 Å². The van der Waals surface area contributed by atoms with Gasteiger partial charge in [0, 0.05) is 16.4 Å². The SMILES string of the molecule is N#Cc1cccc(CSC2=Nc3ccccc3SC2)c1. The molecular formula is C16H12N2S2. The Morgan fingerprint density at radius 3 is 3.00 bits per heavy atom. The second-order valence-electron chi connectivity index (χ2n) is 4.36. The highest BCUT2D eigenvalue weighted by atomic mass is 32.2. The van der Waals surface area contributed by atoms with Gasteiger partial charge in [0.2, 0.25) is 0 Å². The van der Waals surface area contributed by atoms with Crippen molar-refractivity contribution < 1.29 is 0 Å². The molecule has 1 aliphatic heterocycles. The van der Waals surface area contributed by atoms with E-state index in [1.807, 2.05) is 42.1 Å². The van der Waals surface area contributed by atoms with Gasteiger partial charge in [0.25, 0.3) is 0 Å². The van der Waals surface area contributed by atoms with Crippen LogP contribution >= 0.6 is 23.5 Å². The average Bonchev–Trinajstić information content (AvgIpc) is 2.53. The molecule has 0 aliphatic carbocycles. The Morgan fingerprint density at radius 1 is 1.20 bits per heavy atom. The molecular weight excluding hydrogens is 284 g/mol. The lowest BCUT2D eigenvalue weighted by Gasteiger charge is -2.14. The zero-order valence-electron chi connectivity index (χ0n) is 10.7. The van der Waals surface area contributed by atoms with Gasteiger partial charge in [-0.05, 0) is 29.8 Å². The van der Waals surface area contributed by atoms with Crippen LogP contribution in [0, 0.1) is 11.3 Å². The zero-order chi connectivity index (χ0) is 13.8. The third-order valence-electron chi connectivity index (χ3n) is 2.92. The van der Waals surface area contributed by atoms with E-state index < -0.39 is 0 Å². The van der Waals surface area contributed by atoms with E-state index in [1.54, 1.807) is 11.8 Å². The van der Waals surface area contributed by atoms with Gasteiger partial charge in [0.15, 0.2) is 0 Å². The summed E-state index contributed by atoms with van der Waals surface area (Å²) in [5.41, 5.74) is 2.95. The quantitative estimate of drug-likeness (QED) is 0.810. The number of rotatable bonds is 2. The Kier molecular flexibility index (Phi) is 4.10. The van der Waals surface area contributed by atoms with E-state index in [0.29, 0.717) is 5.56 Å². The molecule has 0 unspecified atom stereocenters. The van der Waals surface area contributed by atoms with E-state index in [0.717, 1.165) is 22.2 Å².